The molecule has 0 aliphatic carbocycles. The molecular formula is C12H14N2O3. The second kappa shape index (κ2) is 4.86. The lowest BCUT2D eigenvalue weighted by molar-refractivity contribution is -0.144. The number of nitrogens with one attached hydrogen (secondary N) is 1. The van der Waals surface area contributed by atoms with E-state index in [2.05, 4.69) is 10.3 Å². The molecule has 0 bridgehead atoms. The van der Waals surface area contributed by atoms with Crippen molar-refractivity contribution < 1.29 is 14.6 Å². The standard InChI is InChI=1S/C12H14N2O3/c1-8(12(15)16)17-10-5-3-2-4-9(10)11-13-6-7-14-11/h2-5,8H,6-7H2,1H3,(H,13,14)(H,15,16). The Labute approximate surface area is 99.1 Å². The van der Waals surface area contributed by atoms with E-state index in [1.165, 1.54) is 6.92 Å². The molecule has 1 unspecified atom stereocenters. The van der Waals surface area contributed by atoms with Gasteiger partial charge in [0.15, 0.2) is 6.10 Å². The Balaban J connectivity index is 2.24. The van der Waals surface area contributed by atoms with Crippen LogP contribution in [0.25, 0.3) is 0 Å². The molecule has 5 nitrogen and oxygen atoms in total. The van der Waals surface area contributed by atoms with E-state index >= 15 is 0 Å². The van der Waals surface area contributed by atoms with Crippen molar-refractivity contribution in [2.45, 2.75) is 13.0 Å². The molecule has 90 valence electrons. The summed E-state index contributed by atoms with van der Waals surface area (Å²) in [6.07, 6.45) is -0.877. The molecule has 2 N–H and O–H groups in total. The number of aliphatic imine (C=N–C) groups is 1. The number of amidine groups is 1. The molecule has 1 aliphatic rings. The summed E-state index contributed by atoms with van der Waals surface area (Å²) in [5.41, 5.74) is 0.804. The van der Waals surface area contributed by atoms with Gasteiger partial charge in [0.25, 0.3) is 0 Å². The second-order valence-corrected chi connectivity index (χ2v) is 3.75. The summed E-state index contributed by atoms with van der Waals surface area (Å²) in [5, 5.41) is 12.0. The molecule has 0 spiro atoms. The van der Waals surface area contributed by atoms with Crippen LogP contribution in [0.3, 0.4) is 0 Å². The number of carbonyl (C=O) groups is 1. The van der Waals surface area contributed by atoms with Gasteiger partial charge in [-0.1, -0.05) is 12.1 Å². The fourth-order valence-electron chi connectivity index (χ4n) is 1.58. The summed E-state index contributed by atoms with van der Waals surface area (Å²) in [4.78, 5) is 15.1. The fourth-order valence-corrected chi connectivity index (χ4v) is 1.58. The Morgan fingerprint density at radius 3 is 2.94 bits per heavy atom. The maximum atomic E-state index is 10.8. The number of benzene rings is 1. The van der Waals surface area contributed by atoms with Gasteiger partial charge in [0.2, 0.25) is 0 Å². The van der Waals surface area contributed by atoms with Gasteiger partial charge in [-0.3, -0.25) is 4.99 Å². The average molecular weight is 234 g/mol. The van der Waals surface area contributed by atoms with Gasteiger partial charge in [-0.25, -0.2) is 4.79 Å². The van der Waals surface area contributed by atoms with Crippen LogP contribution in [-0.4, -0.2) is 36.1 Å². The molecule has 5 heteroatoms. The molecule has 1 aliphatic heterocycles. The van der Waals surface area contributed by atoms with Gasteiger partial charge in [0.1, 0.15) is 11.6 Å². The van der Waals surface area contributed by atoms with Gasteiger partial charge in [0.05, 0.1) is 12.1 Å². The molecular weight excluding hydrogens is 220 g/mol. The number of carboxylic acid groups (broad SMARTS) is 1. The first kappa shape index (κ1) is 11.4. The Morgan fingerprint density at radius 1 is 1.53 bits per heavy atom. The molecule has 0 radical (unpaired) electrons. The number of nitrogens with zero attached hydrogens (tertiary/aromatic N) is 1. The van der Waals surface area contributed by atoms with Gasteiger partial charge in [-0.05, 0) is 19.1 Å². The lowest BCUT2D eigenvalue weighted by Crippen LogP contribution is -2.25. The van der Waals surface area contributed by atoms with Crippen molar-refractivity contribution in [1.29, 1.82) is 0 Å². The zero-order valence-electron chi connectivity index (χ0n) is 9.51. The van der Waals surface area contributed by atoms with Gasteiger partial charge < -0.3 is 15.2 Å². The molecule has 0 amide bonds. The van der Waals surface area contributed by atoms with Crippen LogP contribution in [0.2, 0.25) is 0 Å². The highest BCUT2D eigenvalue weighted by atomic mass is 16.5. The smallest absolute Gasteiger partial charge is 0.344 e. The third kappa shape index (κ3) is 2.55. The topological polar surface area (TPSA) is 70.9 Å². The molecule has 1 aromatic carbocycles. The van der Waals surface area contributed by atoms with Crippen LogP contribution in [0.4, 0.5) is 0 Å². The zero-order valence-corrected chi connectivity index (χ0v) is 9.51. The first-order valence-corrected chi connectivity index (χ1v) is 5.45. The molecule has 1 atom stereocenters. The lowest BCUT2D eigenvalue weighted by atomic mass is 10.2. The maximum Gasteiger partial charge on any atom is 0.344 e. The van der Waals surface area contributed by atoms with Crippen molar-refractivity contribution in [2.75, 3.05) is 13.1 Å². The first-order valence-electron chi connectivity index (χ1n) is 5.45. The average Bonchev–Trinajstić information content (AvgIpc) is 2.83. The van der Waals surface area contributed by atoms with Crippen molar-refractivity contribution in [3.63, 3.8) is 0 Å². The highest BCUT2D eigenvalue weighted by molar-refractivity contribution is 6.02. The number of rotatable bonds is 4. The Hall–Kier alpha value is -2.04. The van der Waals surface area contributed by atoms with Crippen LogP contribution >= 0.6 is 0 Å². The van der Waals surface area contributed by atoms with Crippen LogP contribution in [0, 0.1) is 0 Å². The Morgan fingerprint density at radius 2 is 2.29 bits per heavy atom. The van der Waals surface area contributed by atoms with Crippen molar-refractivity contribution in [3.05, 3.63) is 29.8 Å². The van der Waals surface area contributed by atoms with E-state index in [1.54, 1.807) is 6.07 Å². The Bertz CT molecular complexity index is 457. The minimum atomic E-state index is -0.985. The third-order valence-corrected chi connectivity index (χ3v) is 2.47. The largest absolute Gasteiger partial charge is 0.479 e. The lowest BCUT2D eigenvalue weighted by Gasteiger charge is -2.14. The third-order valence-electron chi connectivity index (χ3n) is 2.47. The zero-order chi connectivity index (χ0) is 12.3. The molecule has 0 aromatic heterocycles. The van der Waals surface area contributed by atoms with Crippen molar-refractivity contribution >= 4 is 11.8 Å². The Kier molecular flexibility index (Phi) is 3.27. The fraction of sp³-hybridized carbons (Fsp3) is 0.333. The molecule has 2 rings (SSSR count). The molecule has 0 saturated heterocycles. The van der Waals surface area contributed by atoms with Gasteiger partial charge in [0, 0.05) is 6.54 Å². The summed E-state index contributed by atoms with van der Waals surface area (Å²) in [6.45, 7) is 3.04. The number of ether oxygens (including phenoxy) is 1. The molecule has 0 saturated carbocycles. The molecule has 1 heterocycles. The van der Waals surface area contributed by atoms with Crippen molar-refractivity contribution in [3.8, 4) is 5.75 Å². The predicted octanol–water partition coefficient (Wildman–Crippen LogP) is 0.888. The van der Waals surface area contributed by atoms with E-state index in [1.807, 2.05) is 18.2 Å². The summed E-state index contributed by atoms with van der Waals surface area (Å²) in [7, 11) is 0. The monoisotopic (exact) mass is 234 g/mol. The summed E-state index contributed by atoms with van der Waals surface area (Å²) in [6, 6.07) is 7.29. The highest BCUT2D eigenvalue weighted by Crippen LogP contribution is 2.20. The number of hydrogen-bond acceptors (Lipinski definition) is 4. The minimum absolute atomic E-state index is 0.538. The second-order valence-electron chi connectivity index (χ2n) is 3.75. The number of aliphatic carboxylic acids is 1. The van der Waals surface area contributed by atoms with Crippen LogP contribution in [-0.2, 0) is 4.79 Å². The van der Waals surface area contributed by atoms with E-state index in [0.29, 0.717) is 5.75 Å². The quantitative estimate of drug-likeness (QED) is 0.811. The van der Waals surface area contributed by atoms with E-state index in [-0.39, 0.29) is 0 Å². The highest BCUT2D eigenvalue weighted by Gasteiger charge is 2.17. The number of para-hydroxylation sites is 1. The molecule has 1 aromatic rings. The predicted molar refractivity (Wildman–Crippen MR) is 63.6 cm³/mol. The van der Waals surface area contributed by atoms with Crippen LogP contribution in [0.5, 0.6) is 5.75 Å². The van der Waals surface area contributed by atoms with Crippen LogP contribution in [0.15, 0.2) is 29.3 Å². The first-order chi connectivity index (χ1) is 8.18. The molecule has 17 heavy (non-hydrogen) atoms. The van der Waals surface area contributed by atoms with E-state index in [9.17, 15) is 4.79 Å². The van der Waals surface area contributed by atoms with Gasteiger partial charge in [-0.15, -0.1) is 0 Å². The van der Waals surface area contributed by atoms with Crippen LogP contribution in [0.1, 0.15) is 12.5 Å². The van der Waals surface area contributed by atoms with E-state index < -0.39 is 12.1 Å². The van der Waals surface area contributed by atoms with Crippen molar-refractivity contribution in [2.24, 2.45) is 4.99 Å². The molecule has 0 fully saturated rings. The summed E-state index contributed by atoms with van der Waals surface area (Å²) < 4.78 is 5.40. The normalized spacial score (nSPS) is 15.9. The van der Waals surface area contributed by atoms with Gasteiger partial charge in [-0.2, -0.15) is 0 Å². The van der Waals surface area contributed by atoms with Gasteiger partial charge >= 0.3 is 5.97 Å². The van der Waals surface area contributed by atoms with Crippen molar-refractivity contribution in [1.82, 2.24) is 5.32 Å². The minimum Gasteiger partial charge on any atom is -0.479 e. The summed E-state index contributed by atoms with van der Waals surface area (Å²) >= 11 is 0. The SMILES string of the molecule is CC(Oc1ccccc1C1=NCCN1)C(=O)O. The number of hydrogen-bond donors (Lipinski definition) is 2. The van der Waals surface area contributed by atoms with Crippen LogP contribution < -0.4 is 10.1 Å². The van der Waals surface area contributed by atoms with E-state index in [4.69, 9.17) is 9.84 Å². The number of carboxylic acids is 1. The summed E-state index contributed by atoms with van der Waals surface area (Å²) in [5.74, 6) is 0.315. The maximum absolute atomic E-state index is 10.8. The van der Waals surface area contributed by atoms with E-state index in [0.717, 1.165) is 24.5 Å².